The third-order valence-corrected chi connectivity index (χ3v) is 7.15. The molecular weight excluding hydrogens is 428 g/mol. The molecule has 0 aromatic heterocycles. The molecule has 178 valence electrons. The van der Waals surface area contributed by atoms with E-state index in [-0.39, 0.29) is 5.41 Å². The van der Waals surface area contributed by atoms with E-state index in [9.17, 15) is 18.4 Å². The summed E-state index contributed by atoms with van der Waals surface area (Å²) in [5.74, 6) is -4.07. The molecule has 3 fully saturated rings. The molecule has 1 saturated carbocycles. The van der Waals surface area contributed by atoms with Crippen molar-refractivity contribution >= 4 is 11.9 Å². The Morgan fingerprint density at radius 2 is 1.88 bits per heavy atom. The normalized spacial score (nSPS) is 21.1. The lowest BCUT2D eigenvalue weighted by molar-refractivity contribution is -0.132. The van der Waals surface area contributed by atoms with Gasteiger partial charge in [0.05, 0.1) is 0 Å². The fourth-order valence-electron chi connectivity index (χ4n) is 5.02. The van der Waals surface area contributed by atoms with E-state index in [2.05, 4.69) is 10.2 Å². The molecule has 3 aliphatic rings. The second-order valence-electron chi connectivity index (χ2n) is 9.84. The number of benzene rings is 1. The largest absolute Gasteiger partial charge is 0.326 e. The topological polar surface area (TPSA) is 79.7 Å². The maximum atomic E-state index is 14.8. The molecule has 33 heavy (non-hydrogen) atoms. The fourth-order valence-corrected chi connectivity index (χ4v) is 5.02. The average Bonchev–Trinajstić information content (AvgIpc) is 3.61. The Kier molecular flexibility index (Phi) is 6.57. The van der Waals surface area contributed by atoms with Gasteiger partial charge in [0, 0.05) is 44.4 Å². The van der Waals surface area contributed by atoms with Crippen LogP contribution in [0.25, 0.3) is 0 Å². The number of alkyl halides is 2. The maximum Gasteiger partial charge on any atom is 0.318 e. The maximum absolute atomic E-state index is 14.8. The van der Waals surface area contributed by atoms with Gasteiger partial charge in [-0.05, 0) is 44.3 Å². The minimum Gasteiger partial charge on any atom is -0.326 e. The minimum atomic E-state index is -3.23. The summed E-state index contributed by atoms with van der Waals surface area (Å²) in [5.41, 5.74) is 0.541. The number of hydrogen-bond acceptors (Lipinski definition) is 4. The number of halogens is 2. The van der Waals surface area contributed by atoms with Gasteiger partial charge < -0.3 is 15.1 Å². The van der Waals surface area contributed by atoms with Crippen molar-refractivity contribution in [2.24, 2.45) is 5.41 Å². The van der Waals surface area contributed by atoms with Gasteiger partial charge in [-0.25, -0.2) is 13.6 Å². The molecule has 1 N–H and O–H groups in total. The molecule has 9 heteroatoms. The third-order valence-electron chi connectivity index (χ3n) is 7.15. The number of likely N-dealkylation sites (tertiary alicyclic amines) is 2. The molecule has 2 saturated heterocycles. The Morgan fingerprint density at radius 3 is 2.45 bits per heavy atom. The van der Waals surface area contributed by atoms with Crippen molar-refractivity contribution < 1.29 is 18.4 Å². The lowest BCUT2D eigenvalue weighted by atomic mass is 9.72. The van der Waals surface area contributed by atoms with Crippen LogP contribution in [0.3, 0.4) is 0 Å². The first-order valence-corrected chi connectivity index (χ1v) is 11.6. The van der Waals surface area contributed by atoms with Gasteiger partial charge in [-0.15, -0.1) is 0 Å². The van der Waals surface area contributed by atoms with Crippen molar-refractivity contribution in [2.45, 2.75) is 56.5 Å². The van der Waals surface area contributed by atoms with Gasteiger partial charge in [-0.2, -0.15) is 5.26 Å². The van der Waals surface area contributed by atoms with E-state index in [4.69, 9.17) is 5.26 Å². The fraction of sp³-hybridized carbons (Fsp3) is 0.625. The van der Waals surface area contributed by atoms with Gasteiger partial charge >= 0.3 is 6.03 Å². The average molecular weight is 460 g/mol. The number of hydrogen-bond donors (Lipinski definition) is 1. The van der Waals surface area contributed by atoms with Crippen LogP contribution in [-0.4, -0.2) is 77.9 Å². The smallest absolute Gasteiger partial charge is 0.318 e. The molecule has 2 aliphatic heterocycles. The summed E-state index contributed by atoms with van der Waals surface area (Å²) in [6.45, 7) is 3.24. The SMILES string of the molecule is CN(C#N)C(=O)[C@H](CC(F)(F)Cc1ccccc1)NC(=O)N1CC2(CCN(C3CC3)CC2)C1. The van der Waals surface area contributed by atoms with Crippen molar-refractivity contribution in [3.63, 3.8) is 0 Å². The van der Waals surface area contributed by atoms with Crippen LogP contribution < -0.4 is 5.32 Å². The van der Waals surface area contributed by atoms with E-state index >= 15 is 0 Å². The van der Waals surface area contributed by atoms with Crippen LogP contribution in [0.15, 0.2) is 30.3 Å². The van der Waals surface area contributed by atoms with Gasteiger partial charge in [0.25, 0.3) is 11.8 Å². The first kappa shape index (κ1) is 23.4. The highest BCUT2D eigenvalue weighted by atomic mass is 19.3. The molecular formula is C24H31F2N5O2. The molecule has 0 bridgehead atoms. The number of piperidine rings is 1. The van der Waals surface area contributed by atoms with Crippen molar-refractivity contribution in [1.82, 2.24) is 20.0 Å². The van der Waals surface area contributed by atoms with Crippen LogP contribution in [0.2, 0.25) is 0 Å². The van der Waals surface area contributed by atoms with Gasteiger partial charge in [0.1, 0.15) is 6.04 Å². The zero-order valence-electron chi connectivity index (χ0n) is 19.0. The molecule has 7 nitrogen and oxygen atoms in total. The number of nitrogens with one attached hydrogen (secondary N) is 1. The van der Waals surface area contributed by atoms with Crippen molar-refractivity contribution in [1.29, 1.82) is 5.26 Å². The monoisotopic (exact) mass is 459 g/mol. The van der Waals surface area contributed by atoms with Crippen LogP contribution >= 0.6 is 0 Å². The van der Waals surface area contributed by atoms with E-state index in [1.54, 1.807) is 41.4 Å². The number of nitrogens with zero attached hydrogens (tertiary/aromatic N) is 4. The quantitative estimate of drug-likeness (QED) is 0.502. The standard InChI is InChI=1S/C24H31F2N5O2/c1-29(17-27)21(32)20(14-24(25,26)13-18-5-3-2-4-6-18)28-22(33)31-15-23(16-31)9-11-30(12-10-23)19-7-8-19/h2-6,19-20H,7-16H2,1H3,(H,28,33)/t20-/m0/s1. The van der Waals surface area contributed by atoms with Crippen molar-refractivity contribution in [2.75, 3.05) is 33.2 Å². The Morgan fingerprint density at radius 1 is 1.24 bits per heavy atom. The second kappa shape index (κ2) is 9.26. The molecule has 0 unspecified atom stereocenters. The summed E-state index contributed by atoms with van der Waals surface area (Å²) in [6, 6.07) is 7.02. The molecule has 1 aromatic carbocycles. The summed E-state index contributed by atoms with van der Waals surface area (Å²) < 4.78 is 29.6. The summed E-state index contributed by atoms with van der Waals surface area (Å²) in [6.07, 6.45) is 4.85. The highest BCUT2D eigenvalue weighted by molar-refractivity contribution is 5.88. The van der Waals surface area contributed by atoms with E-state index in [0.717, 1.165) is 32.0 Å². The number of carbonyl (C=O) groups excluding carboxylic acids is 2. The first-order chi connectivity index (χ1) is 15.7. The van der Waals surface area contributed by atoms with Gasteiger partial charge in [0.2, 0.25) is 0 Å². The van der Waals surface area contributed by atoms with E-state index in [1.165, 1.54) is 19.9 Å². The number of amides is 3. The molecule has 1 aromatic rings. The predicted molar refractivity (Wildman–Crippen MR) is 118 cm³/mol. The Bertz CT molecular complexity index is 899. The van der Waals surface area contributed by atoms with Gasteiger partial charge in [-0.3, -0.25) is 9.69 Å². The van der Waals surface area contributed by atoms with Crippen LogP contribution in [0.1, 0.15) is 37.7 Å². The molecule has 1 aliphatic carbocycles. The van der Waals surface area contributed by atoms with Crippen LogP contribution in [-0.2, 0) is 11.2 Å². The zero-order chi connectivity index (χ0) is 23.6. The van der Waals surface area contributed by atoms with Crippen LogP contribution in [0, 0.1) is 16.9 Å². The Hall–Kier alpha value is -2.73. The Balaban J connectivity index is 1.35. The van der Waals surface area contributed by atoms with Crippen molar-refractivity contribution in [3.8, 4) is 6.19 Å². The number of nitriles is 1. The number of carbonyl (C=O) groups is 2. The van der Waals surface area contributed by atoms with Crippen LogP contribution in [0.4, 0.5) is 13.6 Å². The van der Waals surface area contributed by atoms with E-state index < -0.39 is 36.7 Å². The molecule has 3 amide bonds. The minimum absolute atomic E-state index is 0.100. The number of likely N-dealkylation sites (N-methyl/N-ethyl adjacent to an activating group) is 1. The lowest BCUT2D eigenvalue weighted by Gasteiger charge is -2.54. The summed E-state index contributed by atoms with van der Waals surface area (Å²) in [7, 11) is 1.21. The lowest BCUT2D eigenvalue weighted by Crippen LogP contribution is -2.65. The van der Waals surface area contributed by atoms with E-state index in [0.29, 0.717) is 23.6 Å². The van der Waals surface area contributed by atoms with Gasteiger partial charge in [-0.1, -0.05) is 30.3 Å². The molecule has 4 rings (SSSR count). The predicted octanol–water partition coefficient (Wildman–Crippen LogP) is 2.83. The third kappa shape index (κ3) is 5.61. The first-order valence-electron chi connectivity index (χ1n) is 11.6. The van der Waals surface area contributed by atoms with E-state index in [1.807, 2.05) is 0 Å². The molecule has 1 atom stereocenters. The summed E-state index contributed by atoms with van der Waals surface area (Å²) >= 11 is 0. The van der Waals surface area contributed by atoms with Crippen LogP contribution in [0.5, 0.6) is 0 Å². The second-order valence-corrected chi connectivity index (χ2v) is 9.84. The highest BCUT2D eigenvalue weighted by Gasteiger charge is 2.49. The highest BCUT2D eigenvalue weighted by Crippen LogP contribution is 2.42. The van der Waals surface area contributed by atoms with Crippen molar-refractivity contribution in [3.05, 3.63) is 35.9 Å². The summed E-state index contributed by atoms with van der Waals surface area (Å²) in [4.78, 5) is 30.2. The van der Waals surface area contributed by atoms with Gasteiger partial charge in [0.15, 0.2) is 6.19 Å². The zero-order valence-corrected chi connectivity index (χ0v) is 19.0. The molecule has 0 radical (unpaired) electrons. The molecule has 1 spiro atoms. The number of rotatable bonds is 7. The number of urea groups is 1. The molecule has 2 heterocycles. The summed E-state index contributed by atoms with van der Waals surface area (Å²) in [5, 5.41) is 11.5. The Labute approximate surface area is 193 Å².